The van der Waals surface area contributed by atoms with Crippen LogP contribution in [-0.4, -0.2) is 17.0 Å². The molecule has 28 heavy (non-hydrogen) atoms. The lowest BCUT2D eigenvalue weighted by molar-refractivity contribution is -0.119. The first-order valence-electron chi connectivity index (χ1n) is 10.3. The van der Waals surface area contributed by atoms with Crippen molar-refractivity contribution in [3.05, 3.63) is 65.2 Å². The van der Waals surface area contributed by atoms with Gasteiger partial charge in [-0.05, 0) is 54.5 Å². The smallest absolute Gasteiger partial charge is 0.335 e. The number of aryl methyl sites for hydroxylation is 1. The summed E-state index contributed by atoms with van der Waals surface area (Å²) in [6.45, 7) is 2.48. The number of benzene rings is 2. The van der Waals surface area contributed by atoms with Crippen molar-refractivity contribution >= 4 is 17.6 Å². The Hall–Kier alpha value is -2.62. The molecule has 0 radical (unpaired) electrons. The SMILES string of the molecule is CCc1ccccc1N(Cc1cccc(C(=O)O)c1)C(=O)CC1CCCCC1. The topological polar surface area (TPSA) is 57.6 Å². The molecular formula is C24H29NO3. The summed E-state index contributed by atoms with van der Waals surface area (Å²) >= 11 is 0. The van der Waals surface area contributed by atoms with Gasteiger partial charge in [-0.3, -0.25) is 4.79 Å². The summed E-state index contributed by atoms with van der Waals surface area (Å²) in [5.41, 5.74) is 3.16. The summed E-state index contributed by atoms with van der Waals surface area (Å²) in [5, 5.41) is 9.29. The third kappa shape index (κ3) is 5.00. The molecule has 0 atom stereocenters. The number of para-hydroxylation sites is 1. The quantitative estimate of drug-likeness (QED) is 0.696. The number of carboxylic acids is 1. The number of carboxylic acid groups (broad SMARTS) is 1. The molecule has 1 aliphatic rings. The monoisotopic (exact) mass is 379 g/mol. The fourth-order valence-electron chi connectivity index (χ4n) is 4.11. The molecule has 1 N–H and O–H groups in total. The van der Waals surface area contributed by atoms with Crippen molar-refractivity contribution in [3.8, 4) is 0 Å². The fraction of sp³-hybridized carbons (Fsp3) is 0.417. The summed E-state index contributed by atoms with van der Waals surface area (Å²) < 4.78 is 0. The molecule has 1 amide bonds. The first kappa shape index (κ1) is 20.1. The van der Waals surface area contributed by atoms with Crippen LogP contribution in [0.3, 0.4) is 0 Å². The van der Waals surface area contributed by atoms with E-state index in [1.807, 2.05) is 29.2 Å². The number of anilines is 1. The highest BCUT2D eigenvalue weighted by atomic mass is 16.4. The summed E-state index contributed by atoms with van der Waals surface area (Å²) in [5.74, 6) is -0.354. The number of hydrogen-bond donors (Lipinski definition) is 1. The Morgan fingerprint density at radius 1 is 1.04 bits per heavy atom. The number of nitrogens with zero attached hydrogens (tertiary/aromatic N) is 1. The standard InChI is InChI=1S/C24H29NO3/c1-2-20-12-6-7-14-22(20)25(23(26)16-18-9-4-3-5-10-18)17-19-11-8-13-21(15-19)24(27)28/h6-8,11-15,18H,2-5,9-10,16-17H2,1H3,(H,27,28). The van der Waals surface area contributed by atoms with Gasteiger partial charge >= 0.3 is 5.97 Å². The van der Waals surface area contributed by atoms with Crippen LogP contribution in [0.4, 0.5) is 5.69 Å². The average molecular weight is 380 g/mol. The van der Waals surface area contributed by atoms with Gasteiger partial charge in [0.05, 0.1) is 12.1 Å². The molecule has 0 unspecified atom stereocenters. The van der Waals surface area contributed by atoms with Crippen LogP contribution in [-0.2, 0) is 17.8 Å². The zero-order valence-corrected chi connectivity index (χ0v) is 16.6. The second kappa shape index (κ2) is 9.54. The van der Waals surface area contributed by atoms with Crippen LogP contribution in [0.25, 0.3) is 0 Å². The first-order valence-corrected chi connectivity index (χ1v) is 10.3. The Kier molecular flexibility index (Phi) is 6.85. The van der Waals surface area contributed by atoms with Gasteiger partial charge in [0.2, 0.25) is 5.91 Å². The lowest BCUT2D eigenvalue weighted by Gasteiger charge is -2.28. The number of carbonyl (C=O) groups is 2. The summed E-state index contributed by atoms with van der Waals surface area (Å²) in [6, 6.07) is 14.9. The van der Waals surface area contributed by atoms with E-state index >= 15 is 0 Å². The molecule has 2 aromatic rings. The van der Waals surface area contributed by atoms with Gasteiger partial charge in [-0.25, -0.2) is 4.79 Å². The zero-order chi connectivity index (χ0) is 19.9. The Morgan fingerprint density at radius 2 is 1.79 bits per heavy atom. The first-order chi connectivity index (χ1) is 13.6. The van der Waals surface area contributed by atoms with E-state index in [0.717, 1.165) is 36.1 Å². The zero-order valence-electron chi connectivity index (χ0n) is 16.6. The molecule has 2 aromatic carbocycles. The Balaban J connectivity index is 1.88. The molecule has 0 bridgehead atoms. The fourth-order valence-corrected chi connectivity index (χ4v) is 4.11. The number of carbonyl (C=O) groups excluding carboxylic acids is 1. The minimum atomic E-state index is -0.948. The maximum Gasteiger partial charge on any atom is 0.335 e. The Labute approximate surface area is 167 Å². The van der Waals surface area contributed by atoms with Gasteiger partial charge in [-0.2, -0.15) is 0 Å². The van der Waals surface area contributed by atoms with Gasteiger partial charge in [-0.15, -0.1) is 0 Å². The van der Waals surface area contributed by atoms with Crippen molar-refractivity contribution in [2.75, 3.05) is 4.90 Å². The normalized spacial score (nSPS) is 14.6. The van der Waals surface area contributed by atoms with E-state index in [1.54, 1.807) is 18.2 Å². The van der Waals surface area contributed by atoms with Crippen molar-refractivity contribution in [2.45, 2.75) is 58.4 Å². The lowest BCUT2D eigenvalue weighted by atomic mass is 9.86. The van der Waals surface area contributed by atoms with E-state index in [-0.39, 0.29) is 11.5 Å². The Bertz CT molecular complexity index is 824. The highest BCUT2D eigenvalue weighted by Gasteiger charge is 2.23. The number of amides is 1. The van der Waals surface area contributed by atoms with Crippen molar-refractivity contribution in [2.24, 2.45) is 5.92 Å². The van der Waals surface area contributed by atoms with Crippen molar-refractivity contribution in [1.29, 1.82) is 0 Å². The van der Waals surface area contributed by atoms with Crippen molar-refractivity contribution in [1.82, 2.24) is 0 Å². The van der Waals surface area contributed by atoms with E-state index in [2.05, 4.69) is 13.0 Å². The average Bonchev–Trinajstić information content (AvgIpc) is 2.73. The molecule has 0 aromatic heterocycles. The van der Waals surface area contributed by atoms with E-state index in [1.165, 1.54) is 19.3 Å². The number of aromatic carboxylic acids is 1. The molecule has 4 heteroatoms. The van der Waals surface area contributed by atoms with Gasteiger partial charge in [0.25, 0.3) is 0 Å². The molecule has 4 nitrogen and oxygen atoms in total. The molecule has 0 saturated heterocycles. The second-order valence-corrected chi connectivity index (χ2v) is 7.68. The predicted octanol–water partition coefficient (Wildman–Crippen LogP) is 5.45. The van der Waals surface area contributed by atoms with Gasteiger partial charge in [0.1, 0.15) is 0 Å². The van der Waals surface area contributed by atoms with Gasteiger partial charge in [0, 0.05) is 12.1 Å². The van der Waals surface area contributed by atoms with Crippen LogP contribution in [0.15, 0.2) is 48.5 Å². The van der Waals surface area contributed by atoms with Gasteiger partial charge in [-0.1, -0.05) is 56.5 Å². The van der Waals surface area contributed by atoms with E-state index in [4.69, 9.17) is 0 Å². The summed E-state index contributed by atoms with van der Waals surface area (Å²) in [6.07, 6.45) is 7.37. The van der Waals surface area contributed by atoms with Crippen LogP contribution < -0.4 is 4.90 Å². The summed E-state index contributed by atoms with van der Waals surface area (Å²) in [4.78, 5) is 26.5. The van der Waals surface area contributed by atoms with Crippen molar-refractivity contribution < 1.29 is 14.7 Å². The molecular weight excluding hydrogens is 350 g/mol. The maximum absolute atomic E-state index is 13.3. The third-order valence-electron chi connectivity index (χ3n) is 5.67. The molecule has 0 spiro atoms. The van der Waals surface area contributed by atoms with E-state index in [0.29, 0.717) is 18.9 Å². The summed E-state index contributed by atoms with van der Waals surface area (Å²) in [7, 11) is 0. The minimum absolute atomic E-state index is 0.133. The van der Waals surface area contributed by atoms with Crippen molar-refractivity contribution in [3.63, 3.8) is 0 Å². The highest BCUT2D eigenvalue weighted by Crippen LogP contribution is 2.30. The minimum Gasteiger partial charge on any atom is -0.478 e. The van der Waals surface area contributed by atoms with Crippen LogP contribution in [0, 0.1) is 5.92 Å². The van der Waals surface area contributed by atoms with E-state index < -0.39 is 5.97 Å². The van der Waals surface area contributed by atoms with Gasteiger partial charge in [0.15, 0.2) is 0 Å². The Morgan fingerprint density at radius 3 is 2.50 bits per heavy atom. The molecule has 0 heterocycles. The predicted molar refractivity (Wildman–Crippen MR) is 112 cm³/mol. The number of hydrogen-bond acceptors (Lipinski definition) is 2. The van der Waals surface area contributed by atoms with Crippen LogP contribution in [0.1, 0.15) is 66.9 Å². The molecule has 1 saturated carbocycles. The lowest BCUT2D eigenvalue weighted by Crippen LogP contribution is -2.33. The number of rotatable bonds is 7. The molecule has 0 aliphatic heterocycles. The second-order valence-electron chi connectivity index (χ2n) is 7.68. The van der Waals surface area contributed by atoms with Gasteiger partial charge < -0.3 is 10.0 Å². The molecule has 148 valence electrons. The highest BCUT2D eigenvalue weighted by molar-refractivity contribution is 5.94. The molecule has 1 fully saturated rings. The van der Waals surface area contributed by atoms with E-state index in [9.17, 15) is 14.7 Å². The molecule has 1 aliphatic carbocycles. The van der Waals surface area contributed by atoms with Crippen LogP contribution >= 0.6 is 0 Å². The maximum atomic E-state index is 13.3. The van der Waals surface area contributed by atoms with Crippen LogP contribution in [0.5, 0.6) is 0 Å². The third-order valence-corrected chi connectivity index (χ3v) is 5.67. The molecule has 3 rings (SSSR count). The largest absolute Gasteiger partial charge is 0.478 e. The van der Waals surface area contributed by atoms with Crippen LogP contribution in [0.2, 0.25) is 0 Å².